The molecule has 0 aliphatic heterocycles. The van der Waals surface area contributed by atoms with Crippen LogP contribution in [-0.4, -0.2) is 34.3 Å². The zero-order chi connectivity index (χ0) is 20.8. The third-order valence-electron chi connectivity index (χ3n) is 4.38. The predicted octanol–water partition coefficient (Wildman–Crippen LogP) is 4.26. The van der Waals surface area contributed by atoms with Gasteiger partial charge in [0.05, 0.1) is 12.8 Å². The number of aryl methyl sites for hydroxylation is 1. The lowest BCUT2D eigenvalue weighted by atomic mass is 10.1. The van der Waals surface area contributed by atoms with Crippen LogP contribution < -0.4 is 10.1 Å². The Morgan fingerprint density at radius 1 is 1.14 bits per heavy atom. The van der Waals surface area contributed by atoms with Crippen molar-refractivity contribution >= 4 is 17.7 Å². The number of hydrogen-bond donors (Lipinski definition) is 1. The summed E-state index contributed by atoms with van der Waals surface area (Å²) in [6, 6.07) is 15.5. The zero-order valence-electron chi connectivity index (χ0n) is 17.2. The number of benzene rings is 2. The van der Waals surface area contributed by atoms with Crippen LogP contribution in [0.5, 0.6) is 5.75 Å². The molecule has 0 radical (unpaired) electrons. The fourth-order valence-corrected chi connectivity index (χ4v) is 3.77. The van der Waals surface area contributed by atoms with Gasteiger partial charge in [-0.15, -0.1) is 10.2 Å². The molecule has 0 aliphatic carbocycles. The minimum Gasteiger partial charge on any atom is -0.495 e. The molecule has 1 heterocycles. The predicted molar refractivity (Wildman–Crippen MR) is 116 cm³/mol. The van der Waals surface area contributed by atoms with Gasteiger partial charge in [-0.3, -0.25) is 9.36 Å². The van der Waals surface area contributed by atoms with Crippen molar-refractivity contribution in [3.8, 4) is 11.4 Å². The highest BCUT2D eigenvalue weighted by Crippen LogP contribution is 2.29. The molecule has 0 unspecified atom stereocenters. The van der Waals surface area contributed by atoms with Crippen LogP contribution in [0, 0.1) is 12.8 Å². The van der Waals surface area contributed by atoms with E-state index in [2.05, 4.69) is 29.4 Å². The summed E-state index contributed by atoms with van der Waals surface area (Å²) in [5, 5.41) is 12.3. The lowest BCUT2D eigenvalue weighted by Gasteiger charge is -2.12. The number of aromatic nitrogens is 3. The van der Waals surface area contributed by atoms with Crippen molar-refractivity contribution in [2.24, 2.45) is 5.92 Å². The Morgan fingerprint density at radius 2 is 1.86 bits per heavy atom. The smallest absolute Gasteiger partial charge is 0.251 e. The van der Waals surface area contributed by atoms with E-state index >= 15 is 0 Å². The lowest BCUT2D eigenvalue weighted by molar-refractivity contribution is 0.0949. The minimum atomic E-state index is -0.0376. The van der Waals surface area contributed by atoms with Gasteiger partial charge < -0.3 is 10.1 Å². The van der Waals surface area contributed by atoms with Gasteiger partial charge in [0.1, 0.15) is 11.6 Å². The van der Waals surface area contributed by atoms with Crippen LogP contribution in [0.4, 0.5) is 0 Å². The van der Waals surface area contributed by atoms with E-state index in [0.29, 0.717) is 18.0 Å². The van der Waals surface area contributed by atoms with Gasteiger partial charge in [0, 0.05) is 17.9 Å². The number of carbonyl (C=O) groups excluding carboxylic acids is 1. The molecule has 152 valence electrons. The topological polar surface area (TPSA) is 69.0 Å². The molecular formula is C22H26N4O2S. The first kappa shape index (κ1) is 20.9. The summed E-state index contributed by atoms with van der Waals surface area (Å²) < 4.78 is 7.49. The molecule has 0 aliphatic rings. The van der Waals surface area contributed by atoms with E-state index in [-0.39, 0.29) is 5.91 Å². The van der Waals surface area contributed by atoms with Gasteiger partial charge in [0.2, 0.25) is 0 Å². The summed E-state index contributed by atoms with van der Waals surface area (Å²) in [5.41, 5.74) is 2.70. The Bertz CT molecular complexity index is 967. The third-order valence-corrected chi connectivity index (χ3v) is 5.38. The molecule has 29 heavy (non-hydrogen) atoms. The van der Waals surface area contributed by atoms with E-state index in [0.717, 1.165) is 33.7 Å². The number of methoxy groups -OCH3 is 1. The number of para-hydroxylation sites is 2. The van der Waals surface area contributed by atoms with Gasteiger partial charge >= 0.3 is 0 Å². The maximum absolute atomic E-state index is 12.2. The third kappa shape index (κ3) is 5.17. The SMILES string of the molecule is COc1ccccc1-n1c(C)nnc1SCc1ccc(C(=O)NCC(C)C)cc1. The van der Waals surface area contributed by atoms with Crippen LogP contribution in [-0.2, 0) is 5.75 Å². The summed E-state index contributed by atoms with van der Waals surface area (Å²) in [6.45, 7) is 6.75. The van der Waals surface area contributed by atoms with Crippen LogP contribution in [0.15, 0.2) is 53.7 Å². The van der Waals surface area contributed by atoms with E-state index in [1.807, 2.05) is 60.0 Å². The van der Waals surface area contributed by atoms with Crippen molar-refractivity contribution in [2.75, 3.05) is 13.7 Å². The maximum Gasteiger partial charge on any atom is 0.251 e. The quantitative estimate of drug-likeness (QED) is 0.562. The van der Waals surface area contributed by atoms with Crippen LogP contribution in [0.3, 0.4) is 0 Å². The van der Waals surface area contributed by atoms with Crippen LogP contribution >= 0.6 is 11.8 Å². The van der Waals surface area contributed by atoms with E-state index in [9.17, 15) is 4.79 Å². The van der Waals surface area contributed by atoms with Crippen LogP contribution in [0.1, 0.15) is 35.6 Å². The minimum absolute atomic E-state index is 0.0376. The number of thioether (sulfide) groups is 1. The number of nitrogens with one attached hydrogen (secondary N) is 1. The molecule has 2 aromatic carbocycles. The number of amides is 1. The molecule has 3 rings (SSSR count). The first-order valence-electron chi connectivity index (χ1n) is 9.55. The molecule has 1 aromatic heterocycles. The zero-order valence-corrected chi connectivity index (χ0v) is 18.0. The largest absolute Gasteiger partial charge is 0.495 e. The second-order valence-corrected chi connectivity index (χ2v) is 8.07. The van der Waals surface area contributed by atoms with Crippen molar-refractivity contribution in [3.05, 3.63) is 65.5 Å². The summed E-state index contributed by atoms with van der Waals surface area (Å²) in [7, 11) is 1.66. The van der Waals surface area contributed by atoms with Crippen molar-refractivity contribution in [2.45, 2.75) is 31.7 Å². The summed E-state index contributed by atoms with van der Waals surface area (Å²) in [6.07, 6.45) is 0. The fourth-order valence-electron chi connectivity index (χ4n) is 2.83. The lowest BCUT2D eigenvalue weighted by Crippen LogP contribution is -2.27. The van der Waals surface area contributed by atoms with Crippen LogP contribution in [0.2, 0.25) is 0 Å². The van der Waals surface area contributed by atoms with Crippen molar-refractivity contribution in [3.63, 3.8) is 0 Å². The van der Waals surface area contributed by atoms with Gasteiger partial charge in [-0.1, -0.05) is 49.9 Å². The molecule has 0 fully saturated rings. The standard InChI is InChI=1S/C22H26N4O2S/c1-15(2)13-23-21(27)18-11-9-17(10-12-18)14-29-22-25-24-16(3)26(22)19-7-5-6-8-20(19)28-4/h5-12,15H,13-14H2,1-4H3,(H,23,27). The number of carbonyl (C=O) groups is 1. The summed E-state index contributed by atoms with van der Waals surface area (Å²) in [4.78, 5) is 12.2. The average molecular weight is 411 g/mol. The Kier molecular flexibility index (Phi) is 6.93. The number of rotatable bonds is 8. The highest BCUT2D eigenvalue weighted by molar-refractivity contribution is 7.98. The molecule has 0 bridgehead atoms. The van der Waals surface area contributed by atoms with Gasteiger partial charge in [-0.2, -0.15) is 0 Å². The Hall–Kier alpha value is -2.80. The normalized spacial score (nSPS) is 10.9. The molecule has 6 nitrogen and oxygen atoms in total. The molecule has 1 amide bonds. The fraction of sp³-hybridized carbons (Fsp3) is 0.318. The maximum atomic E-state index is 12.2. The molecule has 0 saturated heterocycles. The van der Waals surface area contributed by atoms with Crippen molar-refractivity contribution in [1.82, 2.24) is 20.1 Å². The number of ether oxygens (including phenoxy) is 1. The molecule has 0 spiro atoms. The van der Waals surface area contributed by atoms with Gasteiger partial charge in [-0.25, -0.2) is 0 Å². The van der Waals surface area contributed by atoms with E-state index in [1.54, 1.807) is 18.9 Å². The second-order valence-electron chi connectivity index (χ2n) is 7.13. The molecule has 0 atom stereocenters. The van der Waals surface area contributed by atoms with Gasteiger partial charge in [0.25, 0.3) is 5.91 Å². The highest BCUT2D eigenvalue weighted by Gasteiger charge is 2.15. The van der Waals surface area contributed by atoms with Gasteiger partial charge in [-0.05, 0) is 42.7 Å². The van der Waals surface area contributed by atoms with Crippen LogP contribution in [0.25, 0.3) is 5.69 Å². The number of hydrogen-bond acceptors (Lipinski definition) is 5. The van der Waals surface area contributed by atoms with E-state index < -0.39 is 0 Å². The average Bonchev–Trinajstić information content (AvgIpc) is 3.10. The molecule has 1 N–H and O–H groups in total. The molecule has 0 saturated carbocycles. The second kappa shape index (κ2) is 9.60. The van der Waals surface area contributed by atoms with Crippen molar-refractivity contribution in [1.29, 1.82) is 0 Å². The Balaban J connectivity index is 1.71. The summed E-state index contributed by atoms with van der Waals surface area (Å²) in [5.74, 6) is 2.69. The highest BCUT2D eigenvalue weighted by atomic mass is 32.2. The summed E-state index contributed by atoms with van der Waals surface area (Å²) >= 11 is 1.60. The monoisotopic (exact) mass is 410 g/mol. The molecular weight excluding hydrogens is 384 g/mol. The Morgan fingerprint density at radius 3 is 2.55 bits per heavy atom. The van der Waals surface area contributed by atoms with E-state index in [4.69, 9.17) is 4.74 Å². The van der Waals surface area contributed by atoms with Crippen molar-refractivity contribution < 1.29 is 9.53 Å². The Labute approximate surface area is 175 Å². The molecule has 7 heteroatoms. The number of nitrogens with zero attached hydrogens (tertiary/aromatic N) is 3. The molecule has 3 aromatic rings. The van der Waals surface area contributed by atoms with E-state index in [1.165, 1.54) is 0 Å². The first-order valence-corrected chi connectivity index (χ1v) is 10.5. The first-order chi connectivity index (χ1) is 14.0. The van der Waals surface area contributed by atoms with Gasteiger partial charge in [0.15, 0.2) is 5.16 Å².